The van der Waals surface area contributed by atoms with Gasteiger partial charge in [0.2, 0.25) is 0 Å². The third-order valence-corrected chi connectivity index (χ3v) is 2.04. The molecule has 0 saturated carbocycles. The lowest BCUT2D eigenvalue weighted by Gasteiger charge is -2.03. The largest absolute Gasteiger partial charge is 0.307 e. The van der Waals surface area contributed by atoms with Crippen LogP contribution in [0.15, 0.2) is 36.5 Å². The first-order valence-electron chi connectivity index (χ1n) is 4.61. The first kappa shape index (κ1) is 9.93. The second-order valence-electron chi connectivity index (χ2n) is 3.08. The first-order valence-corrected chi connectivity index (χ1v) is 4.61. The number of rotatable bonds is 2. The molecule has 1 aromatic carbocycles. The fraction of sp³-hybridized carbons (Fsp3) is 0. The van der Waals surface area contributed by atoms with Gasteiger partial charge in [0.15, 0.2) is 0 Å². The van der Waals surface area contributed by atoms with Crippen LogP contribution < -0.4 is 5.32 Å². The van der Waals surface area contributed by atoms with Crippen molar-refractivity contribution in [1.29, 1.82) is 5.26 Å². The molecule has 0 bridgehead atoms. The smallest absolute Gasteiger partial charge is 0.258 e. The molecule has 16 heavy (non-hydrogen) atoms. The van der Waals surface area contributed by atoms with Crippen LogP contribution in [0.5, 0.6) is 0 Å². The number of nitrogens with one attached hydrogen (secondary N) is 2. The van der Waals surface area contributed by atoms with Crippen LogP contribution in [0, 0.1) is 11.3 Å². The summed E-state index contributed by atoms with van der Waals surface area (Å²) in [5, 5.41) is 17.8. The predicted molar refractivity (Wildman–Crippen MR) is 57.7 cm³/mol. The van der Waals surface area contributed by atoms with Crippen molar-refractivity contribution in [2.45, 2.75) is 0 Å². The molecule has 1 aromatic heterocycles. The number of carbonyl (C=O) groups excluding carboxylic acids is 1. The van der Waals surface area contributed by atoms with Gasteiger partial charge in [-0.25, -0.2) is 0 Å². The molecule has 2 N–H and O–H groups in total. The summed E-state index contributed by atoms with van der Waals surface area (Å²) >= 11 is 0. The van der Waals surface area contributed by atoms with E-state index in [9.17, 15) is 4.79 Å². The zero-order valence-corrected chi connectivity index (χ0v) is 8.27. The number of amides is 1. The van der Waals surface area contributed by atoms with E-state index in [4.69, 9.17) is 5.26 Å². The Labute approximate surface area is 91.7 Å². The molecule has 0 fully saturated rings. The van der Waals surface area contributed by atoms with Crippen LogP contribution in [0.4, 0.5) is 5.82 Å². The van der Waals surface area contributed by atoms with Crippen molar-refractivity contribution in [3.8, 4) is 6.07 Å². The lowest BCUT2D eigenvalue weighted by molar-refractivity contribution is 0.102. The number of anilines is 1. The molecule has 78 valence electrons. The van der Waals surface area contributed by atoms with Gasteiger partial charge in [0.25, 0.3) is 5.91 Å². The van der Waals surface area contributed by atoms with Crippen LogP contribution in [0.3, 0.4) is 0 Å². The van der Waals surface area contributed by atoms with Crippen molar-refractivity contribution in [2.75, 3.05) is 5.32 Å². The molecule has 0 aliphatic heterocycles. The second-order valence-corrected chi connectivity index (χ2v) is 3.08. The van der Waals surface area contributed by atoms with Crippen molar-refractivity contribution in [2.24, 2.45) is 0 Å². The lowest BCUT2D eigenvalue weighted by atomic mass is 10.1. The second kappa shape index (κ2) is 4.28. The number of aromatic nitrogens is 2. The normalized spacial score (nSPS) is 9.44. The number of H-pyrrole nitrogens is 1. The fourth-order valence-corrected chi connectivity index (χ4v) is 1.29. The van der Waals surface area contributed by atoms with E-state index in [2.05, 4.69) is 15.5 Å². The molecule has 0 aliphatic carbocycles. The van der Waals surface area contributed by atoms with E-state index in [1.54, 1.807) is 30.3 Å². The van der Waals surface area contributed by atoms with Gasteiger partial charge in [-0.3, -0.25) is 9.89 Å². The maximum absolute atomic E-state index is 11.8. The van der Waals surface area contributed by atoms with Crippen LogP contribution in [-0.4, -0.2) is 16.1 Å². The Hall–Kier alpha value is -2.61. The summed E-state index contributed by atoms with van der Waals surface area (Å²) in [6.45, 7) is 0. The number of benzene rings is 1. The van der Waals surface area contributed by atoms with Crippen molar-refractivity contribution in [3.05, 3.63) is 47.7 Å². The summed E-state index contributed by atoms with van der Waals surface area (Å²) in [4.78, 5) is 11.8. The topological polar surface area (TPSA) is 81.6 Å². The molecule has 0 spiro atoms. The molecular weight excluding hydrogens is 204 g/mol. The van der Waals surface area contributed by atoms with Gasteiger partial charge in [-0.1, -0.05) is 12.1 Å². The van der Waals surface area contributed by atoms with Gasteiger partial charge >= 0.3 is 0 Å². The van der Waals surface area contributed by atoms with Gasteiger partial charge in [0.05, 0.1) is 23.4 Å². The summed E-state index contributed by atoms with van der Waals surface area (Å²) in [7, 11) is 0. The van der Waals surface area contributed by atoms with E-state index in [1.165, 1.54) is 6.20 Å². The quantitative estimate of drug-likeness (QED) is 0.792. The summed E-state index contributed by atoms with van der Waals surface area (Å²) in [5.41, 5.74) is 0.694. The third-order valence-electron chi connectivity index (χ3n) is 2.04. The fourth-order valence-electron chi connectivity index (χ4n) is 1.29. The Bertz CT molecular complexity index is 539. The highest BCUT2D eigenvalue weighted by Crippen LogP contribution is 2.09. The van der Waals surface area contributed by atoms with Gasteiger partial charge in [-0.15, -0.1) is 0 Å². The molecule has 2 aromatic rings. The van der Waals surface area contributed by atoms with E-state index in [0.29, 0.717) is 16.9 Å². The van der Waals surface area contributed by atoms with Crippen molar-refractivity contribution >= 4 is 11.7 Å². The lowest BCUT2D eigenvalue weighted by Crippen LogP contribution is -2.13. The highest BCUT2D eigenvalue weighted by Gasteiger charge is 2.10. The molecule has 2 rings (SSSR count). The van der Waals surface area contributed by atoms with Gasteiger partial charge in [0.1, 0.15) is 5.82 Å². The van der Waals surface area contributed by atoms with Crippen LogP contribution in [-0.2, 0) is 0 Å². The van der Waals surface area contributed by atoms with E-state index in [-0.39, 0.29) is 5.91 Å². The minimum absolute atomic E-state index is 0.332. The number of aromatic amines is 1. The van der Waals surface area contributed by atoms with E-state index in [1.807, 2.05) is 6.07 Å². The Morgan fingerprint density at radius 3 is 2.88 bits per heavy atom. The molecular formula is C11H8N4O. The van der Waals surface area contributed by atoms with Gasteiger partial charge < -0.3 is 5.32 Å². The van der Waals surface area contributed by atoms with Crippen molar-refractivity contribution in [1.82, 2.24) is 10.2 Å². The van der Waals surface area contributed by atoms with Crippen LogP contribution in [0.1, 0.15) is 15.9 Å². The Morgan fingerprint density at radius 1 is 1.38 bits per heavy atom. The van der Waals surface area contributed by atoms with E-state index < -0.39 is 0 Å². The highest BCUT2D eigenvalue weighted by atomic mass is 16.1. The average Bonchev–Trinajstić information content (AvgIpc) is 2.81. The maximum atomic E-state index is 11.8. The summed E-state index contributed by atoms with van der Waals surface area (Å²) in [6.07, 6.45) is 1.53. The minimum atomic E-state index is -0.332. The molecule has 5 nitrogen and oxygen atoms in total. The third kappa shape index (κ3) is 1.91. The number of carbonyl (C=O) groups is 1. The average molecular weight is 212 g/mol. The number of hydrogen-bond donors (Lipinski definition) is 2. The van der Waals surface area contributed by atoms with Crippen LogP contribution in [0.2, 0.25) is 0 Å². The number of nitriles is 1. The summed E-state index contributed by atoms with van der Waals surface area (Å²) in [5.74, 6) is 0.166. The number of nitrogens with zero attached hydrogens (tertiary/aromatic N) is 2. The van der Waals surface area contributed by atoms with Gasteiger partial charge in [-0.05, 0) is 12.1 Å². The van der Waals surface area contributed by atoms with E-state index in [0.717, 1.165) is 0 Å². The monoisotopic (exact) mass is 212 g/mol. The van der Waals surface area contributed by atoms with Crippen molar-refractivity contribution < 1.29 is 4.79 Å². The molecule has 0 radical (unpaired) electrons. The molecule has 0 saturated heterocycles. The Kier molecular flexibility index (Phi) is 2.65. The molecule has 0 aliphatic rings. The SMILES string of the molecule is N#Cc1ccccc1C(=O)Nc1ccn[nH]1. The van der Waals surface area contributed by atoms with Gasteiger partial charge in [0, 0.05) is 6.07 Å². The van der Waals surface area contributed by atoms with Crippen molar-refractivity contribution in [3.63, 3.8) is 0 Å². The predicted octanol–water partition coefficient (Wildman–Crippen LogP) is 1.53. The highest BCUT2D eigenvalue weighted by molar-refractivity contribution is 6.05. The standard InChI is InChI=1S/C11H8N4O/c12-7-8-3-1-2-4-9(8)11(16)14-10-5-6-13-15-10/h1-6H,(H2,13,14,15,16). The molecule has 1 amide bonds. The van der Waals surface area contributed by atoms with Crippen LogP contribution in [0.25, 0.3) is 0 Å². The Morgan fingerprint density at radius 2 is 2.19 bits per heavy atom. The van der Waals surface area contributed by atoms with E-state index >= 15 is 0 Å². The number of hydrogen-bond acceptors (Lipinski definition) is 3. The maximum Gasteiger partial charge on any atom is 0.258 e. The van der Waals surface area contributed by atoms with Crippen LogP contribution >= 0.6 is 0 Å². The molecule has 0 unspecified atom stereocenters. The molecule has 1 heterocycles. The zero-order valence-electron chi connectivity index (χ0n) is 8.27. The zero-order chi connectivity index (χ0) is 11.4. The molecule has 0 atom stereocenters. The Balaban J connectivity index is 2.25. The summed E-state index contributed by atoms with van der Waals surface area (Å²) < 4.78 is 0. The first-order chi connectivity index (χ1) is 7.81. The summed E-state index contributed by atoms with van der Waals surface area (Å²) in [6, 6.07) is 10.2. The molecule has 5 heteroatoms. The minimum Gasteiger partial charge on any atom is -0.307 e. The van der Waals surface area contributed by atoms with Gasteiger partial charge in [-0.2, -0.15) is 10.4 Å².